The summed E-state index contributed by atoms with van der Waals surface area (Å²) in [6.45, 7) is 9.89. The number of rotatable bonds is 8. The summed E-state index contributed by atoms with van der Waals surface area (Å²) in [5, 5.41) is 3.16. The van der Waals surface area contributed by atoms with Crippen molar-refractivity contribution in [1.29, 1.82) is 0 Å². The van der Waals surface area contributed by atoms with Crippen molar-refractivity contribution in [2.75, 3.05) is 37.6 Å². The van der Waals surface area contributed by atoms with E-state index in [4.69, 9.17) is 0 Å². The Kier molecular flexibility index (Phi) is 6.87. The van der Waals surface area contributed by atoms with Crippen molar-refractivity contribution in [3.05, 3.63) is 48.5 Å². The van der Waals surface area contributed by atoms with Gasteiger partial charge in [-0.25, -0.2) is 4.98 Å². The van der Waals surface area contributed by atoms with Crippen LogP contribution in [0.1, 0.15) is 25.3 Å². The van der Waals surface area contributed by atoms with Gasteiger partial charge in [-0.1, -0.05) is 19.1 Å². The van der Waals surface area contributed by atoms with Crippen LogP contribution in [-0.4, -0.2) is 59.1 Å². The second kappa shape index (κ2) is 9.55. The first-order valence-corrected chi connectivity index (χ1v) is 9.93. The smallest absolute Gasteiger partial charge is 0.221 e. The van der Waals surface area contributed by atoms with Crippen LogP contribution in [0.2, 0.25) is 0 Å². The van der Waals surface area contributed by atoms with Crippen molar-refractivity contribution in [2.45, 2.75) is 39.3 Å². The van der Waals surface area contributed by atoms with E-state index < -0.39 is 0 Å². The maximum Gasteiger partial charge on any atom is 0.221 e. The predicted octanol–water partition coefficient (Wildman–Crippen LogP) is 2.30. The number of benzene rings is 1. The number of nitrogens with one attached hydrogen (secondary N) is 1. The van der Waals surface area contributed by atoms with E-state index in [2.05, 4.69) is 58.2 Å². The number of imidazole rings is 1. The fourth-order valence-corrected chi connectivity index (χ4v) is 3.54. The molecule has 1 aromatic heterocycles. The zero-order valence-electron chi connectivity index (χ0n) is 16.5. The third kappa shape index (κ3) is 5.82. The Balaban J connectivity index is 1.38. The molecule has 1 atom stereocenters. The normalized spacial score (nSPS) is 16.3. The van der Waals surface area contributed by atoms with Crippen molar-refractivity contribution in [3.63, 3.8) is 0 Å². The van der Waals surface area contributed by atoms with Crippen molar-refractivity contribution < 1.29 is 4.79 Å². The van der Waals surface area contributed by atoms with Gasteiger partial charge in [0.25, 0.3) is 0 Å². The molecule has 1 N–H and O–H groups in total. The maximum absolute atomic E-state index is 12.3. The lowest BCUT2D eigenvalue weighted by Gasteiger charge is -2.36. The predicted molar refractivity (Wildman–Crippen MR) is 109 cm³/mol. The summed E-state index contributed by atoms with van der Waals surface area (Å²) >= 11 is 0. The molecule has 2 aromatic rings. The second-order valence-corrected chi connectivity index (χ2v) is 7.35. The molecular weight excluding hydrogens is 338 g/mol. The Morgan fingerprint density at radius 3 is 2.74 bits per heavy atom. The van der Waals surface area contributed by atoms with Gasteiger partial charge in [0.05, 0.1) is 6.33 Å². The Labute approximate surface area is 162 Å². The van der Waals surface area contributed by atoms with Gasteiger partial charge in [-0.3, -0.25) is 9.69 Å². The number of carbonyl (C=O) groups excluding carboxylic acids is 1. The van der Waals surface area contributed by atoms with Crippen LogP contribution in [-0.2, 0) is 11.3 Å². The maximum atomic E-state index is 12.3. The number of anilines is 1. The summed E-state index contributed by atoms with van der Waals surface area (Å²) in [5.74, 6) is 0.142. The topological polar surface area (TPSA) is 53.4 Å². The van der Waals surface area contributed by atoms with Gasteiger partial charge in [0.2, 0.25) is 5.91 Å². The SMILES string of the molecule is CC[C@@H](Cn1ccnc1)NC(=O)CCN1CCN(c2cccc(C)c2)CC1. The molecule has 0 aliphatic carbocycles. The van der Waals surface area contributed by atoms with Gasteiger partial charge in [-0.15, -0.1) is 0 Å². The first kappa shape index (κ1) is 19.4. The minimum atomic E-state index is 0.142. The molecule has 0 unspecified atom stereocenters. The van der Waals surface area contributed by atoms with Crippen LogP contribution >= 0.6 is 0 Å². The van der Waals surface area contributed by atoms with E-state index >= 15 is 0 Å². The van der Waals surface area contributed by atoms with Crippen molar-refractivity contribution >= 4 is 11.6 Å². The minimum Gasteiger partial charge on any atom is -0.369 e. The van der Waals surface area contributed by atoms with E-state index in [1.54, 1.807) is 12.5 Å². The quantitative estimate of drug-likeness (QED) is 0.776. The largest absolute Gasteiger partial charge is 0.369 e. The zero-order chi connectivity index (χ0) is 19.1. The number of carbonyl (C=O) groups is 1. The highest BCUT2D eigenvalue weighted by Gasteiger charge is 2.18. The van der Waals surface area contributed by atoms with Crippen LogP contribution < -0.4 is 10.2 Å². The lowest BCUT2D eigenvalue weighted by atomic mass is 10.2. The third-order valence-electron chi connectivity index (χ3n) is 5.24. The van der Waals surface area contributed by atoms with Crippen LogP contribution in [0.3, 0.4) is 0 Å². The zero-order valence-corrected chi connectivity index (χ0v) is 16.5. The molecule has 6 heteroatoms. The summed E-state index contributed by atoms with van der Waals surface area (Å²) in [7, 11) is 0. The summed E-state index contributed by atoms with van der Waals surface area (Å²) in [6, 6.07) is 8.84. The molecular formula is C21H31N5O. The van der Waals surface area contributed by atoms with Gasteiger partial charge in [0.15, 0.2) is 0 Å². The number of amides is 1. The molecule has 0 spiro atoms. The molecule has 0 radical (unpaired) electrons. The third-order valence-corrected chi connectivity index (χ3v) is 5.24. The van der Waals surface area contributed by atoms with Gasteiger partial charge in [-0.05, 0) is 31.0 Å². The molecule has 1 amide bonds. The summed E-state index contributed by atoms with van der Waals surface area (Å²) < 4.78 is 2.01. The highest BCUT2D eigenvalue weighted by molar-refractivity contribution is 5.76. The lowest BCUT2D eigenvalue weighted by Crippen LogP contribution is -2.47. The monoisotopic (exact) mass is 369 g/mol. The van der Waals surface area contributed by atoms with Crippen LogP contribution in [0, 0.1) is 6.92 Å². The van der Waals surface area contributed by atoms with E-state index in [0.717, 1.165) is 45.7 Å². The second-order valence-electron chi connectivity index (χ2n) is 7.35. The van der Waals surface area contributed by atoms with Crippen LogP contribution in [0.15, 0.2) is 43.0 Å². The molecule has 1 fully saturated rings. The number of aromatic nitrogens is 2. The van der Waals surface area contributed by atoms with E-state index in [-0.39, 0.29) is 11.9 Å². The lowest BCUT2D eigenvalue weighted by molar-refractivity contribution is -0.122. The van der Waals surface area contributed by atoms with Gasteiger partial charge >= 0.3 is 0 Å². The van der Waals surface area contributed by atoms with E-state index in [9.17, 15) is 4.79 Å². The van der Waals surface area contributed by atoms with Gasteiger partial charge < -0.3 is 14.8 Å². The average molecular weight is 370 g/mol. The van der Waals surface area contributed by atoms with Gasteiger partial charge in [0.1, 0.15) is 0 Å². The Morgan fingerprint density at radius 2 is 2.07 bits per heavy atom. The Morgan fingerprint density at radius 1 is 1.26 bits per heavy atom. The van der Waals surface area contributed by atoms with Gasteiger partial charge in [-0.2, -0.15) is 0 Å². The Bertz CT molecular complexity index is 707. The molecule has 27 heavy (non-hydrogen) atoms. The summed E-state index contributed by atoms with van der Waals surface area (Å²) in [5.41, 5.74) is 2.60. The molecule has 146 valence electrons. The molecule has 3 rings (SSSR count). The number of aryl methyl sites for hydroxylation is 1. The molecule has 1 aliphatic rings. The summed E-state index contributed by atoms with van der Waals surface area (Å²) in [4.78, 5) is 21.2. The van der Waals surface area contributed by atoms with Crippen LogP contribution in [0.25, 0.3) is 0 Å². The molecule has 6 nitrogen and oxygen atoms in total. The van der Waals surface area contributed by atoms with E-state index in [0.29, 0.717) is 6.42 Å². The first-order valence-electron chi connectivity index (χ1n) is 9.93. The molecule has 1 aliphatic heterocycles. The molecule has 0 bridgehead atoms. The van der Waals surface area contributed by atoms with Crippen LogP contribution in [0.5, 0.6) is 0 Å². The average Bonchev–Trinajstić information content (AvgIpc) is 3.19. The first-order chi connectivity index (χ1) is 13.1. The Hall–Kier alpha value is -2.34. The minimum absolute atomic E-state index is 0.142. The molecule has 0 saturated carbocycles. The van der Waals surface area contributed by atoms with Crippen molar-refractivity contribution in [2.24, 2.45) is 0 Å². The number of hydrogen-bond donors (Lipinski definition) is 1. The van der Waals surface area contributed by atoms with Crippen molar-refractivity contribution in [1.82, 2.24) is 19.8 Å². The van der Waals surface area contributed by atoms with Crippen molar-refractivity contribution in [3.8, 4) is 0 Å². The van der Waals surface area contributed by atoms with Gasteiger partial charge in [0, 0.05) is 69.8 Å². The number of nitrogens with zero attached hydrogens (tertiary/aromatic N) is 4. The van der Waals surface area contributed by atoms with E-state index in [1.807, 2.05) is 10.8 Å². The fourth-order valence-electron chi connectivity index (χ4n) is 3.54. The standard InChI is InChI=1S/C21H31N5O/c1-3-19(16-25-10-8-22-17-25)23-21(27)7-9-24-11-13-26(14-12-24)20-6-4-5-18(2)15-20/h4-6,8,10,15,17,19H,3,7,9,11-14,16H2,1-2H3,(H,23,27)/t19-/m0/s1. The number of piperazine rings is 1. The van der Waals surface area contributed by atoms with E-state index in [1.165, 1.54) is 11.3 Å². The number of hydrogen-bond acceptors (Lipinski definition) is 4. The van der Waals surface area contributed by atoms with Crippen LogP contribution in [0.4, 0.5) is 5.69 Å². The fraction of sp³-hybridized carbons (Fsp3) is 0.524. The molecule has 2 heterocycles. The summed E-state index contributed by atoms with van der Waals surface area (Å²) in [6.07, 6.45) is 6.97. The highest BCUT2D eigenvalue weighted by Crippen LogP contribution is 2.17. The highest BCUT2D eigenvalue weighted by atomic mass is 16.1. The molecule has 1 saturated heterocycles. The molecule has 1 aromatic carbocycles.